The molecule has 1 aliphatic rings. The number of likely N-dealkylation sites (tertiary alicyclic amines) is 1. The van der Waals surface area contributed by atoms with Crippen molar-refractivity contribution >= 4 is 11.8 Å². The number of nitrogens with one attached hydrogen (secondary N) is 2. The zero-order valence-electron chi connectivity index (χ0n) is 15.2. The number of nitrogens with zero attached hydrogens (tertiary/aromatic N) is 2. The van der Waals surface area contributed by atoms with Gasteiger partial charge in [-0.05, 0) is 19.4 Å². The first-order valence-electron chi connectivity index (χ1n) is 8.69. The van der Waals surface area contributed by atoms with E-state index in [-0.39, 0.29) is 30.4 Å². The molecular weight excluding hydrogens is 332 g/mol. The van der Waals surface area contributed by atoms with E-state index in [2.05, 4.69) is 21.6 Å². The van der Waals surface area contributed by atoms with Gasteiger partial charge in [-0.2, -0.15) is 5.10 Å². The highest BCUT2D eigenvalue weighted by molar-refractivity contribution is 6.00. The van der Waals surface area contributed by atoms with Crippen LogP contribution in [-0.4, -0.2) is 57.8 Å². The second-order valence-corrected chi connectivity index (χ2v) is 6.94. The molecule has 0 aliphatic carbocycles. The fourth-order valence-corrected chi connectivity index (χ4v) is 3.56. The first kappa shape index (κ1) is 18.1. The minimum absolute atomic E-state index is 0.0793. The molecule has 3 rings (SSSR count). The van der Waals surface area contributed by atoms with Gasteiger partial charge < -0.3 is 15.3 Å². The second kappa shape index (κ2) is 7.29. The van der Waals surface area contributed by atoms with Crippen LogP contribution in [0.15, 0.2) is 24.4 Å². The van der Waals surface area contributed by atoms with E-state index < -0.39 is 0 Å². The summed E-state index contributed by atoms with van der Waals surface area (Å²) in [5.74, 6) is -0.485. The summed E-state index contributed by atoms with van der Waals surface area (Å²) in [7, 11) is 0. The van der Waals surface area contributed by atoms with Crippen LogP contribution in [0.3, 0.4) is 0 Å². The lowest BCUT2D eigenvalue weighted by Gasteiger charge is -2.17. The Balaban J connectivity index is 1.86. The van der Waals surface area contributed by atoms with E-state index in [0.717, 1.165) is 16.7 Å². The molecule has 2 heterocycles. The minimum atomic E-state index is -0.238. The number of carbonyl (C=O) groups excluding carboxylic acids is 2. The van der Waals surface area contributed by atoms with Gasteiger partial charge in [-0.15, -0.1) is 0 Å². The van der Waals surface area contributed by atoms with Gasteiger partial charge in [-0.25, -0.2) is 0 Å². The third-order valence-corrected chi connectivity index (χ3v) is 4.87. The molecule has 1 saturated heterocycles. The van der Waals surface area contributed by atoms with E-state index >= 15 is 0 Å². The summed E-state index contributed by atoms with van der Waals surface area (Å²) in [4.78, 5) is 26.1. The fourth-order valence-electron chi connectivity index (χ4n) is 3.56. The highest BCUT2D eigenvalue weighted by Crippen LogP contribution is 2.28. The summed E-state index contributed by atoms with van der Waals surface area (Å²) in [5.41, 5.74) is 4.34. The third kappa shape index (κ3) is 3.48. The lowest BCUT2D eigenvalue weighted by Crippen LogP contribution is -2.40. The Morgan fingerprint density at radius 3 is 2.77 bits per heavy atom. The SMILES string of the molecule is CC(=O)N[C@@H]1CN(C(=O)c2cn[nH]c2-c2ccc(C)cc2C)C[C@H]1CO. The van der Waals surface area contributed by atoms with Gasteiger partial charge in [0.1, 0.15) is 0 Å². The van der Waals surface area contributed by atoms with Crippen LogP contribution in [0.25, 0.3) is 11.3 Å². The maximum atomic E-state index is 13.0. The van der Waals surface area contributed by atoms with Gasteiger partial charge in [0.25, 0.3) is 5.91 Å². The maximum Gasteiger partial charge on any atom is 0.257 e. The number of benzene rings is 1. The van der Waals surface area contributed by atoms with Crippen LogP contribution in [0.2, 0.25) is 0 Å². The second-order valence-electron chi connectivity index (χ2n) is 6.94. The minimum Gasteiger partial charge on any atom is -0.396 e. The van der Waals surface area contributed by atoms with Crippen molar-refractivity contribution in [1.82, 2.24) is 20.4 Å². The van der Waals surface area contributed by atoms with Crippen LogP contribution in [0.4, 0.5) is 0 Å². The topological polar surface area (TPSA) is 98.3 Å². The van der Waals surface area contributed by atoms with Gasteiger partial charge in [0.15, 0.2) is 0 Å². The highest BCUT2D eigenvalue weighted by atomic mass is 16.3. The summed E-state index contributed by atoms with van der Waals surface area (Å²) in [6.07, 6.45) is 1.54. The molecular formula is C19H24N4O3. The van der Waals surface area contributed by atoms with Gasteiger partial charge in [-0.1, -0.05) is 23.8 Å². The average molecular weight is 356 g/mol. The Hall–Kier alpha value is -2.67. The van der Waals surface area contributed by atoms with E-state index in [0.29, 0.717) is 24.3 Å². The quantitative estimate of drug-likeness (QED) is 0.768. The smallest absolute Gasteiger partial charge is 0.257 e. The Kier molecular flexibility index (Phi) is 5.08. The summed E-state index contributed by atoms with van der Waals surface area (Å²) < 4.78 is 0. The van der Waals surface area contributed by atoms with Crippen LogP contribution >= 0.6 is 0 Å². The van der Waals surface area contributed by atoms with Crippen LogP contribution in [0.5, 0.6) is 0 Å². The Morgan fingerprint density at radius 2 is 2.12 bits per heavy atom. The molecule has 1 fully saturated rings. The van der Waals surface area contributed by atoms with Crippen molar-refractivity contribution in [2.75, 3.05) is 19.7 Å². The van der Waals surface area contributed by atoms with Crippen LogP contribution in [-0.2, 0) is 4.79 Å². The zero-order chi connectivity index (χ0) is 18.8. The zero-order valence-corrected chi connectivity index (χ0v) is 15.2. The monoisotopic (exact) mass is 356 g/mol. The molecule has 1 aromatic heterocycles. The molecule has 1 aliphatic heterocycles. The van der Waals surface area contributed by atoms with Crippen LogP contribution in [0.1, 0.15) is 28.4 Å². The van der Waals surface area contributed by atoms with Crippen LogP contribution in [0, 0.1) is 19.8 Å². The van der Waals surface area contributed by atoms with Gasteiger partial charge in [0, 0.05) is 38.1 Å². The Morgan fingerprint density at radius 1 is 1.35 bits per heavy atom. The molecule has 0 bridgehead atoms. The summed E-state index contributed by atoms with van der Waals surface area (Å²) >= 11 is 0. The van der Waals surface area contributed by atoms with E-state index in [9.17, 15) is 14.7 Å². The molecule has 0 unspecified atom stereocenters. The van der Waals surface area contributed by atoms with Gasteiger partial charge in [0.2, 0.25) is 5.91 Å². The maximum absolute atomic E-state index is 13.0. The number of H-pyrrole nitrogens is 1. The fraction of sp³-hybridized carbons (Fsp3) is 0.421. The standard InChI is InChI=1S/C19H24N4O3/c1-11-4-5-15(12(2)6-11)18-16(7-20-22-18)19(26)23-8-14(10-24)17(9-23)21-13(3)25/h4-7,14,17,24H,8-10H2,1-3H3,(H,20,22)(H,21,25)/t14-,17+/m0/s1. The molecule has 0 spiro atoms. The van der Waals surface area contributed by atoms with Crippen molar-refractivity contribution in [3.05, 3.63) is 41.1 Å². The van der Waals surface area contributed by atoms with Gasteiger partial charge >= 0.3 is 0 Å². The number of amides is 2. The van der Waals surface area contributed by atoms with E-state index in [4.69, 9.17) is 0 Å². The number of aryl methyl sites for hydroxylation is 2. The molecule has 138 valence electrons. The number of aromatic nitrogens is 2. The number of aliphatic hydroxyl groups is 1. The van der Waals surface area contributed by atoms with E-state index in [1.165, 1.54) is 13.1 Å². The first-order valence-corrected chi connectivity index (χ1v) is 8.69. The molecule has 7 nitrogen and oxygen atoms in total. The molecule has 0 radical (unpaired) electrons. The summed E-state index contributed by atoms with van der Waals surface area (Å²) in [5, 5.41) is 19.4. The first-order chi connectivity index (χ1) is 12.4. The normalized spacial score (nSPS) is 19.6. The van der Waals surface area contributed by atoms with Gasteiger partial charge in [0.05, 0.1) is 23.5 Å². The van der Waals surface area contributed by atoms with Crippen LogP contribution < -0.4 is 5.32 Å². The Labute approximate surface area is 152 Å². The molecule has 2 atom stereocenters. The van der Waals surface area contributed by atoms with Crippen molar-refractivity contribution in [2.24, 2.45) is 5.92 Å². The molecule has 2 aromatic rings. The third-order valence-electron chi connectivity index (χ3n) is 4.87. The number of rotatable bonds is 4. The number of aromatic amines is 1. The van der Waals surface area contributed by atoms with Crippen molar-refractivity contribution in [1.29, 1.82) is 0 Å². The number of hydrogen-bond acceptors (Lipinski definition) is 4. The number of aliphatic hydroxyl groups excluding tert-OH is 1. The highest BCUT2D eigenvalue weighted by Gasteiger charge is 2.36. The summed E-state index contributed by atoms with van der Waals surface area (Å²) in [6, 6.07) is 5.81. The predicted octanol–water partition coefficient (Wildman–Crippen LogP) is 1.26. The van der Waals surface area contributed by atoms with Crippen molar-refractivity contribution in [2.45, 2.75) is 26.8 Å². The molecule has 2 amide bonds. The largest absolute Gasteiger partial charge is 0.396 e. The lowest BCUT2D eigenvalue weighted by atomic mass is 10.0. The molecule has 0 saturated carbocycles. The molecule has 7 heteroatoms. The van der Waals surface area contributed by atoms with Crippen molar-refractivity contribution in [3.8, 4) is 11.3 Å². The lowest BCUT2D eigenvalue weighted by molar-refractivity contribution is -0.119. The van der Waals surface area contributed by atoms with Crippen molar-refractivity contribution < 1.29 is 14.7 Å². The summed E-state index contributed by atoms with van der Waals surface area (Å²) in [6.45, 7) is 6.16. The molecule has 3 N–H and O–H groups in total. The number of carbonyl (C=O) groups is 2. The van der Waals surface area contributed by atoms with E-state index in [1.807, 2.05) is 26.0 Å². The number of hydrogen-bond donors (Lipinski definition) is 3. The average Bonchev–Trinajstić information content (AvgIpc) is 3.20. The Bertz CT molecular complexity index is 830. The van der Waals surface area contributed by atoms with Gasteiger partial charge in [-0.3, -0.25) is 14.7 Å². The predicted molar refractivity (Wildman–Crippen MR) is 97.6 cm³/mol. The molecule has 26 heavy (non-hydrogen) atoms. The van der Waals surface area contributed by atoms with E-state index in [1.54, 1.807) is 4.90 Å². The molecule has 1 aromatic carbocycles. The van der Waals surface area contributed by atoms with Crippen molar-refractivity contribution in [3.63, 3.8) is 0 Å².